The summed E-state index contributed by atoms with van der Waals surface area (Å²) in [7, 11) is 0. The number of alkyl halides is 3. The van der Waals surface area contributed by atoms with E-state index in [1.807, 2.05) is 13.8 Å². The maximum Gasteiger partial charge on any atom is 0.416 e. The van der Waals surface area contributed by atoms with Crippen molar-refractivity contribution >= 4 is 11.6 Å². The predicted octanol–water partition coefficient (Wildman–Crippen LogP) is 6.48. The molecule has 2 atom stereocenters. The third kappa shape index (κ3) is 5.83. The number of aliphatic imine (C=N–C) groups is 1. The van der Waals surface area contributed by atoms with Gasteiger partial charge >= 0.3 is 6.18 Å². The van der Waals surface area contributed by atoms with Gasteiger partial charge < -0.3 is 4.90 Å². The van der Waals surface area contributed by atoms with Crippen LogP contribution in [0.25, 0.3) is 0 Å². The first-order chi connectivity index (χ1) is 13.2. The van der Waals surface area contributed by atoms with Crippen LogP contribution in [0.5, 0.6) is 0 Å². The average Bonchev–Trinajstić information content (AvgIpc) is 2.90. The van der Waals surface area contributed by atoms with E-state index in [4.69, 9.17) is 4.99 Å². The van der Waals surface area contributed by atoms with Gasteiger partial charge in [-0.3, -0.25) is 9.79 Å². The van der Waals surface area contributed by atoms with Crippen molar-refractivity contribution < 1.29 is 18.0 Å². The van der Waals surface area contributed by atoms with E-state index >= 15 is 0 Å². The first-order valence-electron chi connectivity index (χ1n) is 10.3. The summed E-state index contributed by atoms with van der Waals surface area (Å²) in [5.41, 5.74) is -0.932. The summed E-state index contributed by atoms with van der Waals surface area (Å²) in [6, 6.07) is 0. The Morgan fingerprint density at radius 3 is 2.24 bits per heavy atom. The van der Waals surface area contributed by atoms with Crippen LogP contribution in [0.1, 0.15) is 67.7 Å². The van der Waals surface area contributed by atoms with Crippen molar-refractivity contribution in [2.24, 2.45) is 16.3 Å². The summed E-state index contributed by atoms with van der Waals surface area (Å²) >= 11 is 0. The minimum Gasteiger partial charge on any atom is -0.313 e. The third-order valence-corrected chi connectivity index (χ3v) is 6.02. The van der Waals surface area contributed by atoms with Crippen molar-refractivity contribution in [2.75, 3.05) is 6.54 Å². The number of carbonyl (C=O) groups excluding carboxylic acids is 1. The van der Waals surface area contributed by atoms with Crippen LogP contribution in [0.2, 0.25) is 0 Å². The SMILES string of the molecule is C=C(/C=C\C(=C/C)C(F)(F)F)C1=NC(CC)(CCC(C)C(C)(C)C)N(CC)C1=O. The Labute approximate surface area is 173 Å². The van der Waals surface area contributed by atoms with Crippen LogP contribution in [0.4, 0.5) is 13.2 Å². The Kier molecular flexibility index (Phi) is 8.09. The van der Waals surface area contributed by atoms with E-state index in [0.717, 1.165) is 18.6 Å². The number of hydrogen-bond acceptors (Lipinski definition) is 2. The molecule has 3 nitrogen and oxygen atoms in total. The zero-order chi connectivity index (χ0) is 22.6. The number of amides is 1. The monoisotopic (exact) mass is 412 g/mol. The number of hydrogen-bond donors (Lipinski definition) is 0. The quantitative estimate of drug-likeness (QED) is 0.420. The molecule has 0 radical (unpaired) electrons. The van der Waals surface area contributed by atoms with Gasteiger partial charge in [0.2, 0.25) is 0 Å². The van der Waals surface area contributed by atoms with Gasteiger partial charge in [0, 0.05) is 6.54 Å². The largest absolute Gasteiger partial charge is 0.416 e. The molecule has 0 aromatic carbocycles. The van der Waals surface area contributed by atoms with Crippen molar-refractivity contribution in [2.45, 2.75) is 79.6 Å². The van der Waals surface area contributed by atoms with Gasteiger partial charge in [0.25, 0.3) is 5.91 Å². The fraction of sp³-hybridized carbons (Fsp3) is 0.652. The maximum atomic E-state index is 13.0. The number of allylic oxidation sites excluding steroid dienone is 4. The molecule has 1 aliphatic rings. The number of rotatable bonds is 8. The van der Waals surface area contributed by atoms with Crippen molar-refractivity contribution in [1.29, 1.82) is 0 Å². The molecular weight excluding hydrogens is 377 g/mol. The van der Waals surface area contributed by atoms with Crippen molar-refractivity contribution in [3.05, 3.63) is 36.0 Å². The molecule has 0 saturated carbocycles. The molecule has 6 heteroatoms. The lowest BCUT2D eigenvalue weighted by atomic mass is 9.78. The highest BCUT2D eigenvalue weighted by molar-refractivity contribution is 6.47. The Bertz CT molecular complexity index is 711. The average molecular weight is 413 g/mol. The van der Waals surface area contributed by atoms with Gasteiger partial charge in [-0.05, 0) is 56.1 Å². The van der Waals surface area contributed by atoms with E-state index in [-0.39, 0.29) is 22.6 Å². The van der Waals surface area contributed by atoms with Crippen LogP contribution in [-0.4, -0.2) is 34.9 Å². The molecule has 29 heavy (non-hydrogen) atoms. The van der Waals surface area contributed by atoms with Gasteiger partial charge in [-0.2, -0.15) is 13.2 Å². The highest BCUT2D eigenvalue weighted by atomic mass is 19.4. The van der Waals surface area contributed by atoms with E-state index in [0.29, 0.717) is 25.3 Å². The molecule has 1 heterocycles. The van der Waals surface area contributed by atoms with Crippen molar-refractivity contribution in [1.82, 2.24) is 4.90 Å². The third-order valence-electron chi connectivity index (χ3n) is 6.02. The topological polar surface area (TPSA) is 32.7 Å². The van der Waals surface area contributed by atoms with Crippen LogP contribution in [0, 0.1) is 11.3 Å². The standard InChI is InChI=1S/C23H35F3N2O/c1-9-18(23(24,25)26)13-12-16(4)19-20(29)28(11-3)22(10-2,27-19)15-14-17(5)21(6,7)8/h9,12-13,17H,4,10-11,14-15H2,1-3,5-8H3/b13-12-,18-9+. The van der Waals surface area contributed by atoms with Crippen LogP contribution in [0.15, 0.2) is 40.9 Å². The molecule has 0 N–H and O–H groups in total. The normalized spacial score (nSPS) is 22.4. The Morgan fingerprint density at radius 2 is 1.83 bits per heavy atom. The number of carbonyl (C=O) groups is 1. The number of halogens is 3. The Hall–Kier alpha value is -1.85. The van der Waals surface area contributed by atoms with Crippen molar-refractivity contribution in [3.63, 3.8) is 0 Å². The van der Waals surface area contributed by atoms with Gasteiger partial charge in [0.1, 0.15) is 11.4 Å². The van der Waals surface area contributed by atoms with E-state index in [1.165, 1.54) is 13.0 Å². The first kappa shape index (κ1) is 25.2. The second kappa shape index (κ2) is 9.31. The summed E-state index contributed by atoms with van der Waals surface area (Å²) in [6.45, 7) is 18.3. The molecule has 0 fully saturated rings. The van der Waals surface area contributed by atoms with Gasteiger partial charge in [0.15, 0.2) is 0 Å². The number of nitrogens with zero attached hydrogens (tertiary/aromatic N) is 2. The van der Waals surface area contributed by atoms with Crippen molar-refractivity contribution in [3.8, 4) is 0 Å². The Morgan fingerprint density at radius 1 is 1.24 bits per heavy atom. The molecule has 0 aromatic rings. The smallest absolute Gasteiger partial charge is 0.313 e. The molecule has 1 amide bonds. The Balaban J connectivity index is 3.17. The van der Waals surface area contributed by atoms with Gasteiger partial charge in [0.05, 0.1) is 5.57 Å². The van der Waals surface area contributed by atoms with Gasteiger partial charge in [-0.1, -0.05) is 53.3 Å². The molecule has 0 bridgehead atoms. The molecule has 0 saturated heterocycles. The second-order valence-electron chi connectivity index (χ2n) is 8.75. The fourth-order valence-electron chi connectivity index (χ4n) is 3.42. The van der Waals surface area contributed by atoms with E-state index in [1.54, 1.807) is 4.90 Å². The van der Waals surface area contributed by atoms with Crippen LogP contribution < -0.4 is 0 Å². The summed E-state index contributed by atoms with van der Waals surface area (Å²) < 4.78 is 38.8. The molecule has 0 spiro atoms. The highest BCUT2D eigenvalue weighted by Gasteiger charge is 2.45. The van der Waals surface area contributed by atoms with E-state index < -0.39 is 17.4 Å². The van der Waals surface area contributed by atoms with Crippen LogP contribution in [0.3, 0.4) is 0 Å². The molecule has 2 unspecified atom stereocenters. The first-order valence-corrected chi connectivity index (χ1v) is 10.3. The van der Waals surface area contributed by atoms with E-state index in [2.05, 4.69) is 34.3 Å². The van der Waals surface area contributed by atoms with Gasteiger partial charge in [-0.25, -0.2) is 0 Å². The lowest BCUT2D eigenvalue weighted by Gasteiger charge is -2.37. The zero-order valence-corrected chi connectivity index (χ0v) is 18.8. The molecular formula is C23H35F3N2O. The summed E-state index contributed by atoms with van der Waals surface area (Å²) in [5.74, 6) is 0.174. The maximum absolute atomic E-state index is 13.0. The highest BCUT2D eigenvalue weighted by Crippen LogP contribution is 2.38. The molecule has 164 valence electrons. The summed E-state index contributed by atoms with van der Waals surface area (Å²) in [6.07, 6.45) is 0.983. The summed E-state index contributed by atoms with van der Waals surface area (Å²) in [4.78, 5) is 19.4. The zero-order valence-electron chi connectivity index (χ0n) is 18.8. The molecule has 1 aliphatic heterocycles. The minimum atomic E-state index is -4.45. The molecule has 1 rings (SSSR count). The van der Waals surface area contributed by atoms with E-state index in [9.17, 15) is 18.0 Å². The second-order valence-corrected chi connectivity index (χ2v) is 8.75. The van der Waals surface area contributed by atoms with Crippen LogP contribution >= 0.6 is 0 Å². The lowest BCUT2D eigenvalue weighted by molar-refractivity contribution is -0.128. The predicted molar refractivity (Wildman–Crippen MR) is 114 cm³/mol. The lowest BCUT2D eigenvalue weighted by Crippen LogP contribution is -2.46. The fourth-order valence-corrected chi connectivity index (χ4v) is 3.42. The minimum absolute atomic E-state index is 0.147. The molecule has 0 aliphatic carbocycles. The summed E-state index contributed by atoms with van der Waals surface area (Å²) in [5, 5.41) is 0. The van der Waals surface area contributed by atoms with Gasteiger partial charge in [-0.15, -0.1) is 0 Å². The van der Waals surface area contributed by atoms with Crippen LogP contribution in [-0.2, 0) is 4.79 Å². The molecule has 0 aromatic heterocycles.